The molecule has 2 atom stereocenters. The number of hydrogen-bond donors (Lipinski definition) is 3. The van der Waals surface area contributed by atoms with Crippen molar-refractivity contribution in [1.82, 2.24) is 15.1 Å². The lowest BCUT2D eigenvalue weighted by Crippen LogP contribution is -2.47. The highest BCUT2D eigenvalue weighted by atomic mass is 16.3. The second-order valence-electron chi connectivity index (χ2n) is 4.01. The Morgan fingerprint density at radius 3 is 1.73 bits per heavy atom. The molecule has 3 N–H and O–H groups in total. The van der Waals surface area contributed by atoms with E-state index < -0.39 is 0 Å². The minimum atomic E-state index is -0.315. The second kappa shape index (κ2) is 8.01. The Morgan fingerprint density at radius 1 is 1.13 bits per heavy atom. The van der Waals surface area contributed by atoms with E-state index in [9.17, 15) is 0 Å². The van der Waals surface area contributed by atoms with E-state index in [0.717, 1.165) is 26.2 Å². The minimum Gasteiger partial charge on any atom is -0.379 e. The van der Waals surface area contributed by atoms with Gasteiger partial charge < -0.3 is 15.5 Å². The van der Waals surface area contributed by atoms with Gasteiger partial charge in [0, 0.05) is 26.2 Å². The molecule has 1 aliphatic heterocycles. The van der Waals surface area contributed by atoms with Crippen LogP contribution in [0.25, 0.3) is 0 Å². The third kappa shape index (κ3) is 7.70. The highest BCUT2D eigenvalue weighted by molar-refractivity contribution is 4.67. The molecule has 92 valence electrons. The molecule has 0 aliphatic carbocycles. The maximum absolute atomic E-state index is 9.08. The summed E-state index contributed by atoms with van der Waals surface area (Å²) in [5, 5.41) is 20.8. The van der Waals surface area contributed by atoms with Crippen molar-refractivity contribution >= 4 is 0 Å². The quantitative estimate of drug-likeness (QED) is 0.526. The lowest BCUT2D eigenvalue weighted by Gasteiger charge is -2.29. The Balaban J connectivity index is 0.000000288. The van der Waals surface area contributed by atoms with E-state index in [4.69, 9.17) is 10.2 Å². The highest BCUT2D eigenvalue weighted by Crippen LogP contribution is 1.95. The number of aliphatic hydroxyl groups excluding tert-OH is 2. The van der Waals surface area contributed by atoms with E-state index in [2.05, 4.69) is 10.2 Å². The molecule has 0 aromatic rings. The normalized spacial score (nSPS) is 21.8. The van der Waals surface area contributed by atoms with Gasteiger partial charge in [-0.2, -0.15) is 0 Å². The van der Waals surface area contributed by atoms with Crippen LogP contribution in [0.5, 0.6) is 0 Å². The third-order valence-electron chi connectivity index (χ3n) is 2.43. The molecule has 1 aliphatic rings. The van der Waals surface area contributed by atoms with Gasteiger partial charge in [0.2, 0.25) is 0 Å². The van der Waals surface area contributed by atoms with Gasteiger partial charge in [0.25, 0.3) is 0 Å². The van der Waals surface area contributed by atoms with Gasteiger partial charge in [-0.25, -0.2) is 0 Å². The van der Waals surface area contributed by atoms with Crippen molar-refractivity contribution in [3.63, 3.8) is 0 Å². The zero-order valence-corrected chi connectivity index (χ0v) is 10.3. The standard InChI is InChI=1S/C6H14N2O.C4H11NO/c1-6(9)8-4-2-7-3-5-8;1-4(6)5(2)3/h6-7,9H,2-5H2,1H3;4,6H,1-3H3. The van der Waals surface area contributed by atoms with E-state index in [1.54, 1.807) is 11.8 Å². The summed E-state index contributed by atoms with van der Waals surface area (Å²) in [4.78, 5) is 3.77. The Labute approximate surface area is 92.7 Å². The molecule has 0 amide bonds. The Morgan fingerprint density at radius 2 is 1.53 bits per heavy atom. The van der Waals surface area contributed by atoms with Crippen LogP contribution in [0, 0.1) is 0 Å². The molecule has 0 radical (unpaired) electrons. The first kappa shape index (κ1) is 14.8. The lowest BCUT2D eigenvalue weighted by molar-refractivity contribution is 0.0112. The van der Waals surface area contributed by atoms with E-state index in [1.807, 2.05) is 21.0 Å². The van der Waals surface area contributed by atoms with Gasteiger partial charge in [0.1, 0.15) is 12.5 Å². The van der Waals surface area contributed by atoms with Crippen molar-refractivity contribution < 1.29 is 10.2 Å². The fourth-order valence-electron chi connectivity index (χ4n) is 1.06. The van der Waals surface area contributed by atoms with Gasteiger partial charge >= 0.3 is 0 Å². The van der Waals surface area contributed by atoms with Gasteiger partial charge in [-0.1, -0.05) is 0 Å². The van der Waals surface area contributed by atoms with Gasteiger partial charge in [-0.3, -0.25) is 9.80 Å². The van der Waals surface area contributed by atoms with Crippen LogP contribution in [0.2, 0.25) is 0 Å². The molecule has 0 aromatic heterocycles. The number of nitrogens with zero attached hydrogens (tertiary/aromatic N) is 2. The van der Waals surface area contributed by atoms with Crippen molar-refractivity contribution in [2.24, 2.45) is 0 Å². The SMILES string of the molecule is CC(O)N(C)C.CC(O)N1CCNCC1. The third-order valence-corrected chi connectivity index (χ3v) is 2.43. The number of rotatable bonds is 2. The smallest absolute Gasteiger partial charge is 0.104 e. The van der Waals surface area contributed by atoms with Crippen molar-refractivity contribution in [2.75, 3.05) is 40.3 Å². The Hall–Kier alpha value is -0.200. The number of hydrogen-bond acceptors (Lipinski definition) is 5. The zero-order valence-electron chi connectivity index (χ0n) is 10.3. The monoisotopic (exact) mass is 219 g/mol. The van der Waals surface area contributed by atoms with E-state index in [0.29, 0.717) is 0 Å². The fraction of sp³-hybridized carbons (Fsp3) is 1.00. The van der Waals surface area contributed by atoms with Gasteiger partial charge in [0.05, 0.1) is 0 Å². The topological polar surface area (TPSA) is 59.0 Å². The summed E-state index contributed by atoms with van der Waals surface area (Å²) < 4.78 is 0. The maximum atomic E-state index is 9.08. The average Bonchev–Trinajstić information content (AvgIpc) is 2.20. The first-order chi connectivity index (χ1) is 6.95. The molecule has 0 spiro atoms. The Kier molecular flexibility index (Phi) is 7.90. The minimum absolute atomic E-state index is 0.271. The van der Waals surface area contributed by atoms with Crippen molar-refractivity contribution in [3.8, 4) is 0 Å². The van der Waals surface area contributed by atoms with Crippen molar-refractivity contribution in [3.05, 3.63) is 0 Å². The average molecular weight is 219 g/mol. The molecular formula is C10H25N3O2. The molecule has 1 fully saturated rings. The summed E-state index contributed by atoms with van der Waals surface area (Å²) >= 11 is 0. The van der Waals surface area contributed by atoms with Crippen LogP contribution in [-0.4, -0.2) is 72.7 Å². The van der Waals surface area contributed by atoms with Crippen LogP contribution in [0.15, 0.2) is 0 Å². The summed E-state index contributed by atoms with van der Waals surface area (Å²) in [6, 6.07) is 0. The Bertz CT molecular complexity index is 140. The van der Waals surface area contributed by atoms with Crippen molar-refractivity contribution in [1.29, 1.82) is 0 Å². The van der Waals surface area contributed by atoms with Crippen LogP contribution >= 0.6 is 0 Å². The molecule has 5 heteroatoms. The summed E-state index contributed by atoms with van der Waals surface area (Å²) in [6.45, 7) is 7.48. The predicted molar refractivity (Wildman–Crippen MR) is 61.5 cm³/mol. The molecule has 1 saturated heterocycles. The lowest BCUT2D eigenvalue weighted by atomic mass is 10.3. The first-order valence-electron chi connectivity index (χ1n) is 5.42. The maximum Gasteiger partial charge on any atom is 0.104 e. The highest BCUT2D eigenvalue weighted by Gasteiger charge is 2.12. The molecule has 1 rings (SSSR count). The fourth-order valence-corrected chi connectivity index (χ4v) is 1.06. The van der Waals surface area contributed by atoms with Crippen LogP contribution < -0.4 is 5.32 Å². The van der Waals surface area contributed by atoms with E-state index in [-0.39, 0.29) is 12.5 Å². The van der Waals surface area contributed by atoms with Crippen LogP contribution in [0.3, 0.4) is 0 Å². The summed E-state index contributed by atoms with van der Waals surface area (Å²) in [7, 11) is 3.65. The van der Waals surface area contributed by atoms with Gasteiger partial charge in [-0.05, 0) is 27.9 Å². The molecule has 15 heavy (non-hydrogen) atoms. The molecule has 0 bridgehead atoms. The number of nitrogens with one attached hydrogen (secondary N) is 1. The van der Waals surface area contributed by atoms with Gasteiger partial charge in [-0.15, -0.1) is 0 Å². The molecular weight excluding hydrogens is 194 g/mol. The zero-order chi connectivity index (χ0) is 11.8. The first-order valence-corrected chi connectivity index (χ1v) is 5.42. The molecule has 0 saturated carbocycles. The largest absolute Gasteiger partial charge is 0.379 e. The molecule has 2 unspecified atom stereocenters. The predicted octanol–water partition coefficient (Wildman–Crippen LogP) is -0.884. The summed E-state index contributed by atoms with van der Waals surface area (Å²) in [5.41, 5.74) is 0. The van der Waals surface area contributed by atoms with E-state index in [1.165, 1.54) is 0 Å². The number of piperazine rings is 1. The van der Waals surface area contributed by atoms with Crippen LogP contribution in [0.4, 0.5) is 0 Å². The molecule has 5 nitrogen and oxygen atoms in total. The van der Waals surface area contributed by atoms with Gasteiger partial charge in [0.15, 0.2) is 0 Å². The summed E-state index contributed by atoms with van der Waals surface area (Å²) in [6.07, 6.45) is -0.586. The molecule has 1 heterocycles. The van der Waals surface area contributed by atoms with E-state index >= 15 is 0 Å². The van der Waals surface area contributed by atoms with Crippen LogP contribution in [0.1, 0.15) is 13.8 Å². The molecule has 0 aromatic carbocycles. The number of aliphatic hydroxyl groups is 2. The second-order valence-corrected chi connectivity index (χ2v) is 4.01. The van der Waals surface area contributed by atoms with Crippen LogP contribution in [-0.2, 0) is 0 Å². The summed E-state index contributed by atoms with van der Waals surface area (Å²) in [5.74, 6) is 0. The van der Waals surface area contributed by atoms with Crippen molar-refractivity contribution in [2.45, 2.75) is 26.3 Å².